The molecule has 27 heavy (non-hydrogen) atoms. The van der Waals surface area contributed by atoms with Crippen molar-refractivity contribution in [3.05, 3.63) is 29.8 Å². The molecule has 0 amide bonds. The molecule has 0 saturated heterocycles. The van der Waals surface area contributed by atoms with Crippen LogP contribution < -0.4 is 15.8 Å². The first-order chi connectivity index (χ1) is 12.9. The van der Waals surface area contributed by atoms with Gasteiger partial charge in [0, 0.05) is 12.6 Å². The second-order valence-electron chi connectivity index (χ2n) is 7.51. The minimum Gasteiger partial charge on any atom is -0.357 e. The number of nitrogens with two attached hydrogens (primary N) is 1. The summed E-state index contributed by atoms with van der Waals surface area (Å²) in [6.07, 6.45) is 9.32. The fourth-order valence-electron chi connectivity index (χ4n) is 3.58. The Labute approximate surface area is 164 Å². The van der Waals surface area contributed by atoms with Crippen LogP contribution in [0.25, 0.3) is 0 Å². The van der Waals surface area contributed by atoms with Gasteiger partial charge < -0.3 is 10.6 Å². The van der Waals surface area contributed by atoms with Crippen LogP contribution in [-0.4, -0.2) is 27.0 Å². The second-order valence-corrected chi connectivity index (χ2v) is 9.08. The molecule has 1 fully saturated rings. The molecule has 6 nitrogen and oxygen atoms in total. The van der Waals surface area contributed by atoms with Crippen molar-refractivity contribution >= 4 is 16.0 Å². The summed E-state index contributed by atoms with van der Waals surface area (Å²) in [5.41, 5.74) is 0.814. The molecule has 4 N–H and O–H groups in total. The first-order valence-corrected chi connectivity index (χ1v) is 11.6. The molecule has 1 unspecified atom stereocenters. The van der Waals surface area contributed by atoms with Crippen LogP contribution in [0.1, 0.15) is 64.4 Å². The van der Waals surface area contributed by atoms with Crippen molar-refractivity contribution in [2.24, 2.45) is 16.0 Å². The number of primary sulfonamides is 1. The number of nitrogens with one attached hydrogen (secondary N) is 2. The van der Waals surface area contributed by atoms with Crippen molar-refractivity contribution in [2.45, 2.75) is 76.3 Å². The van der Waals surface area contributed by atoms with E-state index in [0.717, 1.165) is 30.4 Å². The van der Waals surface area contributed by atoms with Crippen molar-refractivity contribution < 1.29 is 8.42 Å². The predicted molar refractivity (Wildman–Crippen MR) is 111 cm³/mol. The van der Waals surface area contributed by atoms with Gasteiger partial charge in [0.25, 0.3) is 0 Å². The van der Waals surface area contributed by atoms with Gasteiger partial charge in [0.15, 0.2) is 5.96 Å². The highest BCUT2D eigenvalue weighted by molar-refractivity contribution is 7.89. The third kappa shape index (κ3) is 7.89. The smallest absolute Gasteiger partial charge is 0.238 e. The zero-order valence-electron chi connectivity index (χ0n) is 16.6. The minimum atomic E-state index is -3.69. The zero-order chi connectivity index (χ0) is 19.7. The molecule has 0 aliphatic heterocycles. The maximum Gasteiger partial charge on any atom is 0.238 e. The maximum absolute atomic E-state index is 11.5. The first-order valence-electron chi connectivity index (χ1n) is 10.0. The van der Waals surface area contributed by atoms with Crippen LogP contribution in [-0.2, 0) is 16.6 Å². The molecule has 1 aliphatic carbocycles. The Morgan fingerprint density at radius 2 is 2.04 bits per heavy atom. The third-order valence-electron chi connectivity index (χ3n) is 5.11. The van der Waals surface area contributed by atoms with Crippen LogP contribution >= 0.6 is 0 Å². The molecule has 0 radical (unpaired) electrons. The maximum atomic E-state index is 11.5. The highest BCUT2D eigenvalue weighted by Gasteiger charge is 2.15. The fraction of sp³-hybridized carbons (Fsp3) is 0.650. The van der Waals surface area contributed by atoms with Gasteiger partial charge in [-0.15, -0.1) is 0 Å². The Balaban J connectivity index is 1.91. The number of rotatable bonds is 8. The Morgan fingerprint density at radius 3 is 2.70 bits per heavy atom. The van der Waals surface area contributed by atoms with E-state index in [4.69, 9.17) is 5.14 Å². The van der Waals surface area contributed by atoms with Crippen LogP contribution in [0.3, 0.4) is 0 Å². The zero-order valence-corrected chi connectivity index (χ0v) is 17.4. The lowest BCUT2D eigenvalue weighted by Gasteiger charge is -2.24. The van der Waals surface area contributed by atoms with E-state index in [1.807, 2.05) is 13.0 Å². The number of hydrogen-bond donors (Lipinski definition) is 3. The monoisotopic (exact) mass is 394 g/mol. The van der Waals surface area contributed by atoms with E-state index in [9.17, 15) is 8.42 Å². The molecular weight excluding hydrogens is 360 g/mol. The lowest BCUT2D eigenvalue weighted by atomic mass is 9.85. The van der Waals surface area contributed by atoms with Crippen molar-refractivity contribution in [2.75, 3.05) is 6.54 Å². The number of nitrogens with zero attached hydrogens (tertiary/aromatic N) is 1. The topological polar surface area (TPSA) is 96.6 Å². The molecule has 1 aliphatic rings. The Bertz CT molecular complexity index is 712. The molecule has 2 rings (SSSR count). The van der Waals surface area contributed by atoms with Gasteiger partial charge in [-0.25, -0.2) is 18.5 Å². The molecular formula is C20H34N4O2S. The summed E-state index contributed by atoms with van der Waals surface area (Å²) in [4.78, 5) is 4.72. The molecule has 1 aromatic carbocycles. The fourth-order valence-corrected chi connectivity index (χ4v) is 4.16. The molecule has 1 atom stereocenters. The standard InChI is InChI=1S/C20H34N4O2S/c1-3-22-20(24-16(2)12-13-17-8-5-4-6-9-17)23-15-18-10-7-11-19(14-18)27(21,25)26/h7,10-11,14,16-17H,3-6,8-9,12-13,15H2,1-2H3,(H2,21,25,26)(H2,22,23,24). The summed E-state index contributed by atoms with van der Waals surface area (Å²) in [7, 11) is -3.69. The summed E-state index contributed by atoms with van der Waals surface area (Å²) in [6, 6.07) is 6.97. The third-order valence-corrected chi connectivity index (χ3v) is 6.02. The SMILES string of the molecule is CCNC(=NCc1cccc(S(N)(=O)=O)c1)NC(C)CCC1CCCCC1. The molecule has 7 heteroatoms. The molecule has 1 saturated carbocycles. The molecule has 1 aromatic rings. The number of guanidine groups is 1. The lowest BCUT2D eigenvalue weighted by Crippen LogP contribution is -2.42. The number of sulfonamides is 1. The molecule has 0 spiro atoms. The van der Waals surface area contributed by atoms with Crippen molar-refractivity contribution in [1.29, 1.82) is 0 Å². The van der Waals surface area contributed by atoms with E-state index in [1.54, 1.807) is 12.1 Å². The van der Waals surface area contributed by atoms with E-state index in [1.165, 1.54) is 44.6 Å². The first kappa shape index (κ1) is 21.7. The average Bonchev–Trinajstić information content (AvgIpc) is 2.65. The second kappa shape index (κ2) is 10.7. The lowest BCUT2D eigenvalue weighted by molar-refractivity contribution is 0.322. The molecule has 152 valence electrons. The minimum absolute atomic E-state index is 0.119. The van der Waals surface area contributed by atoms with Crippen LogP contribution in [0.5, 0.6) is 0 Å². The van der Waals surface area contributed by atoms with Gasteiger partial charge in [-0.05, 0) is 50.3 Å². The van der Waals surface area contributed by atoms with Gasteiger partial charge in [0.05, 0.1) is 11.4 Å². The quantitative estimate of drug-likeness (QED) is 0.466. The van der Waals surface area contributed by atoms with E-state index < -0.39 is 10.0 Å². The predicted octanol–water partition coefficient (Wildman–Crippen LogP) is 3.14. The molecule has 0 bridgehead atoms. The summed E-state index contributed by atoms with van der Waals surface area (Å²) < 4.78 is 23.0. The van der Waals surface area contributed by atoms with E-state index in [-0.39, 0.29) is 4.90 Å². The number of hydrogen-bond acceptors (Lipinski definition) is 3. The van der Waals surface area contributed by atoms with Gasteiger partial charge in [-0.2, -0.15) is 0 Å². The van der Waals surface area contributed by atoms with E-state index in [0.29, 0.717) is 12.6 Å². The molecule has 0 aromatic heterocycles. The van der Waals surface area contributed by atoms with Crippen LogP contribution in [0.2, 0.25) is 0 Å². The summed E-state index contributed by atoms with van der Waals surface area (Å²) in [6.45, 7) is 5.40. The van der Waals surface area contributed by atoms with Gasteiger partial charge in [0.2, 0.25) is 10.0 Å². The normalized spacial score (nSPS) is 17.5. The average molecular weight is 395 g/mol. The van der Waals surface area contributed by atoms with Crippen LogP contribution in [0, 0.1) is 5.92 Å². The summed E-state index contributed by atoms with van der Waals surface area (Å²) in [5.74, 6) is 1.64. The Morgan fingerprint density at radius 1 is 1.30 bits per heavy atom. The summed E-state index contributed by atoms with van der Waals surface area (Å²) >= 11 is 0. The number of benzene rings is 1. The van der Waals surface area contributed by atoms with Gasteiger partial charge in [-0.3, -0.25) is 0 Å². The van der Waals surface area contributed by atoms with Crippen molar-refractivity contribution in [1.82, 2.24) is 10.6 Å². The largest absolute Gasteiger partial charge is 0.357 e. The van der Waals surface area contributed by atoms with Crippen molar-refractivity contribution in [3.8, 4) is 0 Å². The number of aliphatic imine (C=N–C) groups is 1. The van der Waals surface area contributed by atoms with E-state index in [2.05, 4.69) is 22.5 Å². The highest BCUT2D eigenvalue weighted by atomic mass is 32.2. The van der Waals surface area contributed by atoms with Gasteiger partial charge in [-0.1, -0.05) is 44.2 Å². The van der Waals surface area contributed by atoms with Crippen molar-refractivity contribution in [3.63, 3.8) is 0 Å². The van der Waals surface area contributed by atoms with Crippen LogP contribution in [0.4, 0.5) is 0 Å². The highest BCUT2D eigenvalue weighted by Crippen LogP contribution is 2.27. The Hall–Kier alpha value is -1.60. The molecule has 0 heterocycles. The Kier molecular flexibility index (Phi) is 8.57. The van der Waals surface area contributed by atoms with Crippen LogP contribution in [0.15, 0.2) is 34.2 Å². The summed E-state index contributed by atoms with van der Waals surface area (Å²) in [5, 5.41) is 11.9. The van der Waals surface area contributed by atoms with Gasteiger partial charge in [0.1, 0.15) is 0 Å². The van der Waals surface area contributed by atoms with E-state index >= 15 is 0 Å². The van der Waals surface area contributed by atoms with Gasteiger partial charge >= 0.3 is 0 Å².